The molecular weight excluding hydrogens is 343 g/mol. The fourth-order valence-electron chi connectivity index (χ4n) is 1.51. The van der Waals surface area contributed by atoms with Crippen LogP contribution in [0.3, 0.4) is 0 Å². The molecule has 0 atom stereocenters. The molecule has 6 nitrogen and oxygen atoms in total. The van der Waals surface area contributed by atoms with Crippen molar-refractivity contribution in [2.45, 2.75) is 26.4 Å². The van der Waals surface area contributed by atoms with Crippen LogP contribution in [0.2, 0.25) is 0 Å². The van der Waals surface area contributed by atoms with Crippen molar-refractivity contribution in [3.05, 3.63) is 35.1 Å². The lowest BCUT2D eigenvalue weighted by atomic mass is 10.2. The Morgan fingerprint density at radius 3 is 2.76 bits per heavy atom. The number of halogens is 2. The summed E-state index contributed by atoms with van der Waals surface area (Å²) >= 11 is 3.22. The lowest BCUT2D eigenvalue weighted by molar-refractivity contribution is 0.0636. The minimum Gasteiger partial charge on any atom is -0.444 e. The Kier molecular flexibility index (Phi) is 4.26. The van der Waals surface area contributed by atoms with E-state index in [0.29, 0.717) is 16.0 Å². The second-order valence-electron chi connectivity index (χ2n) is 5.27. The molecule has 2 heterocycles. The molecule has 0 fully saturated rings. The van der Waals surface area contributed by atoms with Crippen molar-refractivity contribution < 1.29 is 13.9 Å². The topological polar surface area (TPSA) is 69.0 Å². The first-order valence-corrected chi connectivity index (χ1v) is 6.90. The SMILES string of the molecule is CC(C)(C)OC(=O)Nc1cn(-c2cncc(F)c2)nc1Br. The quantitative estimate of drug-likeness (QED) is 0.893. The van der Waals surface area contributed by atoms with Crippen molar-refractivity contribution in [2.75, 3.05) is 5.32 Å². The zero-order chi connectivity index (χ0) is 15.6. The van der Waals surface area contributed by atoms with Gasteiger partial charge in [0, 0.05) is 6.07 Å². The van der Waals surface area contributed by atoms with Gasteiger partial charge in [-0.25, -0.2) is 13.9 Å². The average Bonchev–Trinajstić information content (AvgIpc) is 2.68. The van der Waals surface area contributed by atoms with E-state index in [9.17, 15) is 9.18 Å². The number of carbonyl (C=O) groups is 1. The Morgan fingerprint density at radius 2 is 2.14 bits per heavy atom. The Bertz CT molecular complexity index is 666. The third-order valence-corrected chi connectivity index (χ3v) is 2.85. The normalized spacial score (nSPS) is 11.3. The molecule has 0 aromatic carbocycles. The van der Waals surface area contributed by atoms with E-state index in [1.165, 1.54) is 23.1 Å². The predicted molar refractivity (Wildman–Crippen MR) is 78.9 cm³/mol. The van der Waals surface area contributed by atoms with Crippen LogP contribution in [-0.4, -0.2) is 26.5 Å². The average molecular weight is 357 g/mol. The molecule has 8 heteroatoms. The van der Waals surface area contributed by atoms with E-state index in [-0.39, 0.29) is 0 Å². The third kappa shape index (κ3) is 4.25. The maximum atomic E-state index is 13.2. The first-order valence-electron chi connectivity index (χ1n) is 6.11. The maximum Gasteiger partial charge on any atom is 0.412 e. The van der Waals surface area contributed by atoms with Crippen molar-refractivity contribution in [3.63, 3.8) is 0 Å². The molecule has 2 aromatic rings. The van der Waals surface area contributed by atoms with Crippen molar-refractivity contribution in [3.8, 4) is 5.69 Å². The summed E-state index contributed by atoms with van der Waals surface area (Å²) in [6.45, 7) is 5.30. The molecule has 0 spiro atoms. The molecule has 2 rings (SSSR count). The third-order valence-electron chi connectivity index (χ3n) is 2.26. The van der Waals surface area contributed by atoms with Crippen LogP contribution in [0.1, 0.15) is 20.8 Å². The first-order chi connectivity index (χ1) is 9.74. The van der Waals surface area contributed by atoms with Crippen LogP contribution in [0.4, 0.5) is 14.9 Å². The number of aromatic nitrogens is 3. The van der Waals surface area contributed by atoms with Gasteiger partial charge in [-0.05, 0) is 36.7 Å². The van der Waals surface area contributed by atoms with Crippen LogP contribution in [0.15, 0.2) is 29.3 Å². The molecule has 1 N–H and O–H groups in total. The standard InChI is InChI=1S/C13H14BrFN4O2/c1-13(2,3)21-12(20)17-10-7-19(18-11(10)14)9-4-8(15)5-16-6-9/h4-7H,1-3H3,(H,17,20). The molecule has 0 unspecified atom stereocenters. The zero-order valence-corrected chi connectivity index (χ0v) is 13.3. The fraction of sp³-hybridized carbons (Fsp3) is 0.308. The zero-order valence-electron chi connectivity index (χ0n) is 11.7. The molecule has 0 saturated carbocycles. The van der Waals surface area contributed by atoms with Crippen LogP contribution < -0.4 is 5.32 Å². The molecule has 0 aliphatic rings. The smallest absolute Gasteiger partial charge is 0.412 e. The molecule has 0 saturated heterocycles. The maximum absolute atomic E-state index is 13.2. The van der Waals surface area contributed by atoms with E-state index in [1.54, 1.807) is 20.8 Å². The summed E-state index contributed by atoms with van der Waals surface area (Å²) in [6, 6.07) is 1.28. The van der Waals surface area contributed by atoms with Crippen LogP contribution in [0.5, 0.6) is 0 Å². The minimum atomic E-state index is -0.598. The number of hydrogen-bond donors (Lipinski definition) is 1. The van der Waals surface area contributed by atoms with E-state index in [0.717, 1.165) is 6.20 Å². The number of nitrogens with one attached hydrogen (secondary N) is 1. The molecule has 2 aromatic heterocycles. The van der Waals surface area contributed by atoms with Crippen LogP contribution >= 0.6 is 15.9 Å². The summed E-state index contributed by atoms with van der Waals surface area (Å²) in [5.41, 5.74) is 0.250. The van der Waals surface area contributed by atoms with E-state index in [2.05, 4.69) is 31.3 Å². The van der Waals surface area contributed by atoms with Crippen molar-refractivity contribution in [2.24, 2.45) is 0 Å². The van der Waals surface area contributed by atoms with Gasteiger partial charge in [-0.1, -0.05) is 0 Å². The van der Waals surface area contributed by atoms with E-state index >= 15 is 0 Å². The lowest BCUT2D eigenvalue weighted by Gasteiger charge is -2.19. The van der Waals surface area contributed by atoms with Gasteiger partial charge in [0.2, 0.25) is 0 Å². The summed E-state index contributed by atoms with van der Waals surface area (Å²) < 4.78 is 20.1. The van der Waals surface area contributed by atoms with Gasteiger partial charge in [-0.2, -0.15) is 5.10 Å². The highest BCUT2D eigenvalue weighted by Crippen LogP contribution is 2.23. The Hall–Kier alpha value is -1.96. The number of anilines is 1. The van der Waals surface area contributed by atoms with Gasteiger partial charge in [-0.15, -0.1) is 0 Å². The number of amides is 1. The van der Waals surface area contributed by atoms with Crippen molar-refractivity contribution in [1.29, 1.82) is 0 Å². The number of hydrogen-bond acceptors (Lipinski definition) is 4. The van der Waals surface area contributed by atoms with E-state index in [1.807, 2.05) is 0 Å². The van der Waals surface area contributed by atoms with Gasteiger partial charge in [0.05, 0.1) is 30.0 Å². The second-order valence-corrected chi connectivity index (χ2v) is 6.02. The van der Waals surface area contributed by atoms with Gasteiger partial charge < -0.3 is 4.74 Å². The second kappa shape index (κ2) is 5.80. The van der Waals surface area contributed by atoms with Gasteiger partial charge in [0.15, 0.2) is 4.60 Å². The lowest BCUT2D eigenvalue weighted by Crippen LogP contribution is -2.27. The van der Waals surface area contributed by atoms with Crippen LogP contribution in [0.25, 0.3) is 5.69 Å². The molecule has 0 bridgehead atoms. The summed E-state index contributed by atoms with van der Waals surface area (Å²) in [4.78, 5) is 15.5. The molecule has 0 aliphatic carbocycles. The number of pyridine rings is 1. The largest absolute Gasteiger partial charge is 0.444 e. The number of rotatable bonds is 2. The highest BCUT2D eigenvalue weighted by Gasteiger charge is 2.18. The first kappa shape index (κ1) is 15.4. The number of ether oxygens (including phenoxy) is 1. The van der Waals surface area contributed by atoms with Crippen LogP contribution in [-0.2, 0) is 4.74 Å². The molecule has 0 aliphatic heterocycles. The summed E-state index contributed by atoms with van der Waals surface area (Å²) in [7, 11) is 0. The molecular formula is C13H14BrFN4O2. The molecule has 112 valence electrons. The van der Waals surface area contributed by atoms with Gasteiger partial charge in [0.1, 0.15) is 11.4 Å². The van der Waals surface area contributed by atoms with E-state index < -0.39 is 17.5 Å². The molecule has 0 radical (unpaired) electrons. The van der Waals surface area contributed by atoms with Crippen molar-refractivity contribution >= 4 is 27.7 Å². The minimum absolute atomic E-state index is 0.401. The highest BCUT2D eigenvalue weighted by molar-refractivity contribution is 9.10. The van der Waals surface area contributed by atoms with Crippen molar-refractivity contribution in [1.82, 2.24) is 14.8 Å². The van der Waals surface area contributed by atoms with E-state index in [4.69, 9.17) is 4.74 Å². The predicted octanol–water partition coefficient (Wildman–Crippen LogP) is 3.52. The fourth-order valence-corrected chi connectivity index (χ4v) is 1.88. The Labute approximate surface area is 129 Å². The van der Waals surface area contributed by atoms with Gasteiger partial charge in [-0.3, -0.25) is 10.3 Å². The molecule has 1 amide bonds. The Morgan fingerprint density at radius 1 is 1.43 bits per heavy atom. The monoisotopic (exact) mass is 356 g/mol. The van der Waals surface area contributed by atoms with Gasteiger partial charge >= 0.3 is 6.09 Å². The summed E-state index contributed by atoms with van der Waals surface area (Å²) in [6.07, 6.45) is 3.49. The summed E-state index contributed by atoms with van der Waals surface area (Å²) in [5.74, 6) is -0.472. The van der Waals surface area contributed by atoms with Gasteiger partial charge in [0.25, 0.3) is 0 Å². The molecule has 21 heavy (non-hydrogen) atoms. The highest BCUT2D eigenvalue weighted by atomic mass is 79.9. The number of carbonyl (C=O) groups excluding carboxylic acids is 1. The summed E-state index contributed by atoms with van der Waals surface area (Å²) in [5, 5.41) is 6.69. The number of nitrogens with zero attached hydrogens (tertiary/aromatic N) is 3. The Balaban J connectivity index is 2.18. The van der Waals surface area contributed by atoms with Crippen LogP contribution in [0, 0.1) is 5.82 Å².